The average Bonchev–Trinajstić information content (AvgIpc) is 3.00. The van der Waals surface area contributed by atoms with Crippen LogP contribution in [0.3, 0.4) is 0 Å². The fraction of sp³-hybridized carbons (Fsp3) is 0.211. The minimum Gasteiger partial charge on any atom is -0.383 e. The summed E-state index contributed by atoms with van der Waals surface area (Å²) in [5.74, 6) is 0. The summed E-state index contributed by atoms with van der Waals surface area (Å²) in [5, 5.41) is 4.35. The normalized spacial score (nSPS) is 12.1. The minimum atomic E-state index is 0.221. The zero-order valence-corrected chi connectivity index (χ0v) is 14.1. The van der Waals surface area contributed by atoms with Crippen LogP contribution >= 0.6 is 11.3 Å². The van der Waals surface area contributed by atoms with Crippen LogP contribution in [0, 0.1) is 0 Å². The quantitative estimate of drug-likeness (QED) is 0.698. The zero-order chi connectivity index (χ0) is 16.1. The molecule has 0 radical (unpaired) electrons. The molecule has 0 bridgehead atoms. The summed E-state index contributed by atoms with van der Waals surface area (Å²) in [6.07, 6.45) is 0. The zero-order valence-electron chi connectivity index (χ0n) is 13.3. The van der Waals surface area contributed by atoms with E-state index < -0.39 is 0 Å². The van der Waals surface area contributed by atoms with E-state index in [9.17, 15) is 0 Å². The van der Waals surface area contributed by atoms with Gasteiger partial charge in [-0.05, 0) is 12.5 Å². The Kier molecular flexibility index (Phi) is 5.05. The first-order valence-corrected chi connectivity index (χ1v) is 8.46. The molecule has 0 amide bonds. The molecule has 1 aromatic heterocycles. The second-order valence-electron chi connectivity index (χ2n) is 5.43. The molecule has 0 fully saturated rings. The molecular weight excluding hydrogens is 304 g/mol. The molecule has 0 unspecified atom stereocenters. The van der Waals surface area contributed by atoms with E-state index in [0.717, 1.165) is 16.4 Å². The monoisotopic (exact) mass is 324 g/mol. The van der Waals surface area contributed by atoms with Gasteiger partial charge in [-0.25, -0.2) is 4.98 Å². The summed E-state index contributed by atoms with van der Waals surface area (Å²) in [4.78, 5) is 6.02. The lowest BCUT2D eigenvalue weighted by Gasteiger charge is -2.10. The van der Waals surface area contributed by atoms with Crippen LogP contribution in [0.5, 0.6) is 0 Å². The van der Waals surface area contributed by atoms with Crippen molar-refractivity contribution in [3.8, 4) is 21.7 Å². The maximum atomic E-state index is 5.20. The van der Waals surface area contributed by atoms with Crippen molar-refractivity contribution in [3.63, 3.8) is 0 Å². The van der Waals surface area contributed by atoms with Crippen molar-refractivity contribution < 1.29 is 4.74 Å². The van der Waals surface area contributed by atoms with Crippen molar-refractivity contribution in [1.82, 2.24) is 4.98 Å². The van der Waals surface area contributed by atoms with E-state index >= 15 is 0 Å². The molecule has 0 spiro atoms. The summed E-state index contributed by atoms with van der Waals surface area (Å²) in [6.45, 7) is 2.75. The Morgan fingerprint density at radius 1 is 1.00 bits per heavy atom. The Morgan fingerprint density at radius 3 is 2.22 bits per heavy atom. The largest absolute Gasteiger partial charge is 0.383 e. The number of nitrogens with one attached hydrogen (secondary N) is 1. The third-order valence-electron chi connectivity index (χ3n) is 3.50. The van der Waals surface area contributed by atoms with Crippen LogP contribution in [-0.4, -0.2) is 24.7 Å². The third kappa shape index (κ3) is 3.78. The van der Waals surface area contributed by atoms with Gasteiger partial charge in [0.05, 0.1) is 17.2 Å². The highest BCUT2D eigenvalue weighted by molar-refractivity contribution is 7.19. The lowest BCUT2D eigenvalue weighted by atomic mass is 10.1. The number of rotatable bonds is 6. The summed E-state index contributed by atoms with van der Waals surface area (Å²) in [6, 6.07) is 20.9. The van der Waals surface area contributed by atoms with Crippen molar-refractivity contribution in [3.05, 3.63) is 60.7 Å². The van der Waals surface area contributed by atoms with Crippen LogP contribution in [-0.2, 0) is 4.74 Å². The number of hydrogen-bond donors (Lipinski definition) is 1. The van der Waals surface area contributed by atoms with E-state index in [1.54, 1.807) is 18.4 Å². The molecule has 1 heterocycles. The summed E-state index contributed by atoms with van der Waals surface area (Å²) in [5.41, 5.74) is 3.35. The first kappa shape index (κ1) is 15.7. The molecule has 0 saturated carbocycles. The minimum absolute atomic E-state index is 0.221. The van der Waals surface area contributed by atoms with E-state index in [1.165, 1.54) is 10.4 Å². The Morgan fingerprint density at radius 2 is 1.61 bits per heavy atom. The van der Waals surface area contributed by atoms with Crippen molar-refractivity contribution in [2.45, 2.75) is 13.0 Å². The number of anilines is 1. The van der Waals surface area contributed by atoms with Crippen LogP contribution in [0.15, 0.2) is 60.7 Å². The number of aromatic nitrogens is 1. The molecule has 3 nitrogen and oxygen atoms in total. The number of thiazole rings is 1. The molecule has 0 saturated heterocycles. The van der Waals surface area contributed by atoms with Crippen LogP contribution in [0.2, 0.25) is 0 Å². The number of ether oxygens (including phenoxy) is 1. The Labute approximate surface area is 141 Å². The van der Waals surface area contributed by atoms with Gasteiger partial charge in [0.1, 0.15) is 0 Å². The molecule has 1 N–H and O–H groups in total. The van der Waals surface area contributed by atoms with Gasteiger partial charge in [0.2, 0.25) is 0 Å². The van der Waals surface area contributed by atoms with Crippen molar-refractivity contribution >= 4 is 16.5 Å². The number of methoxy groups -OCH3 is 1. The summed E-state index contributed by atoms with van der Waals surface area (Å²) < 4.78 is 5.20. The van der Waals surface area contributed by atoms with Gasteiger partial charge in [0.25, 0.3) is 0 Å². The van der Waals surface area contributed by atoms with E-state index in [1.807, 2.05) is 24.3 Å². The molecule has 0 aliphatic carbocycles. The second-order valence-corrected chi connectivity index (χ2v) is 6.43. The molecule has 4 heteroatoms. The maximum absolute atomic E-state index is 5.20. The van der Waals surface area contributed by atoms with Crippen molar-refractivity contribution in [2.24, 2.45) is 0 Å². The maximum Gasteiger partial charge on any atom is 0.184 e. The smallest absolute Gasteiger partial charge is 0.184 e. The fourth-order valence-corrected chi connectivity index (χ4v) is 3.57. The van der Waals surface area contributed by atoms with Gasteiger partial charge >= 0.3 is 0 Å². The van der Waals surface area contributed by atoms with Crippen molar-refractivity contribution in [2.75, 3.05) is 19.0 Å². The van der Waals surface area contributed by atoms with Gasteiger partial charge in [-0.15, -0.1) is 0 Å². The van der Waals surface area contributed by atoms with E-state index in [2.05, 4.69) is 48.6 Å². The third-order valence-corrected chi connectivity index (χ3v) is 4.53. The molecule has 23 heavy (non-hydrogen) atoms. The molecule has 0 aliphatic heterocycles. The lowest BCUT2D eigenvalue weighted by Crippen LogP contribution is -2.20. The predicted molar refractivity (Wildman–Crippen MR) is 97.9 cm³/mol. The van der Waals surface area contributed by atoms with Gasteiger partial charge in [0.15, 0.2) is 5.13 Å². The van der Waals surface area contributed by atoms with Crippen molar-refractivity contribution in [1.29, 1.82) is 0 Å². The average molecular weight is 324 g/mol. The topological polar surface area (TPSA) is 34.1 Å². The van der Waals surface area contributed by atoms with Gasteiger partial charge in [-0.2, -0.15) is 0 Å². The first-order valence-electron chi connectivity index (χ1n) is 7.65. The highest BCUT2D eigenvalue weighted by atomic mass is 32.1. The van der Waals surface area contributed by atoms with E-state index in [-0.39, 0.29) is 6.04 Å². The van der Waals surface area contributed by atoms with Gasteiger partial charge in [-0.1, -0.05) is 72.0 Å². The molecule has 3 aromatic rings. The van der Waals surface area contributed by atoms with Crippen LogP contribution in [0.1, 0.15) is 6.92 Å². The van der Waals surface area contributed by atoms with Crippen LogP contribution in [0.25, 0.3) is 21.7 Å². The second kappa shape index (κ2) is 7.40. The van der Waals surface area contributed by atoms with Crippen LogP contribution in [0.4, 0.5) is 5.13 Å². The number of nitrogens with zero attached hydrogens (tertiary/aromatic N) is 1. The Balaban J connectivity index is 2.01. The van der Waals surface area contributed by atoms with Gasteiger partial charge in [-0.3, -0.25) is 0 Å². The highest BCUT2D eigenvalue weighted by Crippen LogP contribution is 2.39. The van der Waals surface area contributed by atoms with E-state index in [4.69, 9.17) is 9.72 Å². The van der Waals surface area contributed by atoms with Crippen LogP contribution < -0.4 is 5.32 Å². The Bertz CT molecular complexity index is 684. The highest BCUT2D eigenvalue weighted by Gasteiger charge is 2.15. The molecule has 3 rings (SSSR count). The molecule has 2 aromatic carbocycles. The van der Waals surface area contributed by atoms with Gasteiger partial charge in [0, 0.05) is 18.7 Å². The molecule has 118 valence electrons. The number of hydrogen-bond acceptors (Lipinski definition) is 4. The SMILES string of the molecule is COC[C@H](C)Nc1nc(-c2ccccc2)c(-c2ccccc2)s1. The molecule has 0 aliphatic rings. The lowest BCUT2D eigenvalue weighted by molar-refractivity contribution is 0.190. The number of benzene rings is 2. The molecular formula is C19H20N2OS. The van der Waals surface area contributed by atoms with Gasteiger partial charge < -0.3 is 10.1 Å². The Hall–Kier alpha value is -2.17. The predicted octanol–water partition coefficient (Wildman–Crippen LogP) is 4.92. The first-order chi connectivity index (χ1) is 11.3. The molecule has 1 atom stereocenters. The van der Waals surface area contributed by atoms with E-state index in [0.29, 0.717) is 6.61 Å². The fourth-order valence-electron chi connectivity index (χ4n) is 2.46. The summed E-state index contributed by atoms with van der Waals surface area (Å²) >= 11 is 1.68. The summed E-state index contributed by atoms with van der Waals surface area (Å²) in [7, 11) is 1.71. The standard InChI is InChI=1S/C19H20N2OS/c1-14(13-22-2)20-19-21-17(15-9-5-3-6-10-15)18(23-19)16-11-7-4-8-12-16/h3-12,14H,13H2,1-2H3,(H,20,21)/t14-/m0/s1.